The van der Waals surface area contributed by atoms with E-state index in [1.807, 2.05) is 0 Å². The Labute approximate surface area is 187 Å². The molecule has 1 unspecified atom stereocenters. The highest BCUT2D eigenvalue weighted by Crippen LogP contribution is 2.38. The minimum atomic E-state index is -0.0146. The third-order valence-corrected chi connectivity index (χ3v) is 7.77. The van der Waals surface area contributed by atoms with Gasteiger partial charge >= 0.3 is 0 Å². The van der Waals surface area contributed by atoms with Gasteiger partial charge in [0.05, 0.1) is 0 Å². The van der Waals surface area contributed by atoms with E-state index < -0.39 is 0 Å². The molecule has 0 bridgehead atoms. The molecular formula is C26H40O2P2. The van der Waals surface area contributed by atoms with Crippen LogP contribution in [0.3, 0.4) is 0 Å². The molecule has 2 aromatic carbocycles. The van der Waals surface area contributed by atoms with Crippen molar-refractivity contribution < 1.29 is 9.47 Å². The molecule has 2 nitrogen and oxygen atoms in total. The standard InChI is InChI=1S/C26H40O2P2/c1-18-12-11-13-19(16-30(9)10)24(18)29-22-15-20(25(2,3)4)14-21(26(5,6)7)23(22)28-17-27-8/h11-15,29H,16-17H2,1-10H3. The van der Waals surface area contributed by atoms with E-state index in [1.165, 1.54) is 39.0 Å². The van der Waals surface area contributed by atoms with Crippen molar-refractivity contribution in [2.24, 2.45) is 0 Å². The largest absolute Gasteiger partial charge is 0.467 e. The van der Waals surface area contributed by atoms with E-state index in [2.05, 4.69) is 92.1 Å². The summed E-state index contributed by atoms with van der Waals surface area (Å²) in [7, 11) is 2.26. The molecule has 0 aromatic heterocycles. The lowest BCUT2D eigenvalue weighted by Gasteiger charge is -2.29. The second kappa shape index (κ2) is 10.1. The van der Waals surface area contributed by atoms with E-state index in [1.54, 1.807) is 7.11 Å². The zero-order chi connectivity index (χ0) is 22.7. The average molecular weight is 447 g/mol. The number of hydrogen-bond donors (Lipinski definition) is 0. The van der Waals surface area contributed by atoms with Crippen LogP contribution in [-0.2, 0) is 21.7 Å². The zero-order valence-electron chi connectivity index (χ0n) is 20.6. The number of methoxy groups -OCH3 is 1. The first-order chi connectivity index (χ1) is 13.8. The molecule has 30 heavy (non-hydrogen) atoms. The molecule has 0 saturated heterocycles. The summed E-state index contributed by atoms with van der Waals surface area (Å²) in [6, 6.07) is 11.5. The first-order valence-corrected chi connectivity index (χ1v) is 14.1. The van der Waals surface area contributed by atoms with Gasteiger partial charge in [0.15, 0.2) is 6.79 Å². The first-order valence-electron chi connectivity index (χ1n) is 10.7. The van der Waals surface area contributed by atoms with E-state index in [4.69, 9.17) is 9.47 Å². The van der Waals surface area contributed by atoms with Gasteiger partial charge in [0.25, 0.3) is 0 Å². The second-order valence-corrected chi connectivity index (χ2v) is 14.2. The van der Waals surface area contributed by atoms with Crippen molar-refractivity contribution in [2.45, 2.75) is 65.5 Å². The third-order valence-electron chi connectivity index (χ3n) is 5.19. The van der Waals surface area contributed by atoms with Gasteiger partial charge in [-0.25, -0.2) is 0 Å². The average Bonchev–Trinajstić information content (AvgIpc) is 2.60. The zero-order valence-corrected chi connectivity index (χ0v) is 22.5. The van der Waals surface area contributed by atoms with Crippen molar-refractivity contribution in [1.29, 1.82) is 0 Å². The van der Waals surface area contributed by atoms with Crippen LogP contribution in [0.25, 0.3) is 0 Å². The highest BCUT2D eigenvalue weighted by Gasteiger charge is 2.26. The summed E-state index contributed by atoms with van der Waals surface area (Å²) >= 11 is 0. The molecule has 4 heteroatoms. The molecule has 0 saturated carbocycles. The quantitative estimate of drug-likeness (QED) is 0.360. The minimum Gasteiger partial charge on any atom is -0.467 e. The number of aryl methyl sites for hydroxylation is 1. The van der Waals surface area contributed by atoms with E-state index in [0.717, 1.165) is 5.75 Å². The first kappa shape index (κ1) is 25.3. The Morgan fingerprint density at radius 3 is 2.17 bits per heavy atom. The number of benzene rings is 2. The molecule has 0 radical (unpaired) electrons. The van der Waals surface area contributed by atoms with E-state index in [0.29, 0.717) is 8.58 Å². The molecule has 0 aliphatic rings. The molecule has 0 heterocycles. The van der Waals surface area contributed by atoms with Crippen molar-refractivity contribution in [3.8, 4) is 5.75 Å². The Kier molecular flexibility index (Phi) is 8.54. The van der Waals surface area contributed by atoms with Crippen LogP contribution in [0.4, 0.5) is 0 Å². The minimum absolute atomic E-state index is 0.00673. The van der Waals surface area contributed by atoms with Crippen molar-refractivity contribution >= 4 is 27.1 Å². The van der Waals surface area contributed by atoms with Gasteiger partial charge in [-0.05, 0) is 65.3 Å². The fourth-order valence-electron chi connectivity index (χ4n) is 3.50. The van der Waals surface area contributed by atoms with Gasteiger partial charge < -0.3 is 9.47 Å². The van der Waals surface area contributed by atoms with Crippen LogP contribution >= 0.6 is 16.5 Å². The molecule has 0 amide bonds. The Bertz CT molecular complexity index is 859. The van der Waals surface area contributed by atoms with Crippen LogP contribution in [0.5, 0.6) is 5.75 Å². The molecule has 2 aromatic rings. The van der Waals surface area contributed by atoms with Gasteiger partial charge in [0.2, 0.25) is 0 Å². The van der Waals surface area contributed by atoms with Gasteiger partial charge in [-0.3, -0.25) is 0 Å². The lowest BCUT2D eigenvalue weighted by atomic mass is 9.80. The normalized spacial score (nSPS) is 12.9. The summed E-state index contributed by atoms with van der Waals surface area (Å²) in [5.74, 6) is 1.00. The maximum Gasteiger partial charge on any atom is 0.188 e. The summed E-state index contributed by atoms with van der Waals surface area (Å²) in [6.45, 7) is 20.9. The number of rotatable bonds is 7. The topological polar surface area (TPSA) is 18.5 Å². The maximum atomic E-state index is 6.23. The smallest absolute Gasteiger partial charge is 0.188 e. The fourth-order valence-corrected chi connectivity index (χ4v) is 6.02. The van der Waals surface area contributed by atoms with Crippen LogP contribution in [0.1, 0.15) is 63.8 Å². The molecule has 0 aliphatic carbocycles. The van der Waals surface area contributed by atoms with Gasteiger partial charge in [-0.15, -0.1) is 7.92 Å². The molecular weight excluding hydrogens is 406 g/mol. The molecule has 0 N–H and O–H groups in total. The SMILES string of the molecule is COCOc1c(Pc2c(C)cccc2CP(C)C)cc(C(C)(C)C)cc1C(C)(C)C. The van der Waals surface area contributed by atoms with Crippen molar-refractivity contribution in [3.63, 3.8) is 0 Å². The van der Waals surface area contributed by atoms with Gasteiger partial charge in [0, 0.05) is 18.0 Å². The van der Waals surface area contributed by atoms with Crippen LogP contribution < -0.4 is 15.3 Å². The Hall–Kier alpha value is -0.940. The Morgan fingerprint density at radius 2 is 1.63 bits per heavy atom. The molecule has 1 atom stereocenters. The predicted octanol–water partition coefficient (Wildman–Crippen LogP) is 6.44. The molecule has 0 aliphatic heterocycles. The van der Waals surface area contributed by atoms with Gasteiger partial charge in [0.1, 0.15) is 5.75 Å². The highest BCUT2D eigenvalue weighted by molar-refractivity contribution is 7.57. The molecule has 0 fully saturated rings. The lowest BCUT2D eigenvalue weighted by Crippen LogP contribution is -2.24. The van der Waals surface area contributed by atoms with Crippen molar-refractivity contribution in [3.05, 3.63) is 52.6 Å². The molecule has 166 valence electrons. The van der Waals surface area contributed by atoms with E-state index in [9.17, 15) is 0 Å². The second-order valence-electron chi connectivity index (χ2n) is 10.4. The van der Waals surface area contributed by atoms with Crippen molar-refractivity contribution in [2.75, 3.05) is 27.2 Å². The highest BCUT2D eigenvalue weighted by atomic mass is 31.1. The van der Waals surface area contributed by atoms with Crippen LogP contribution in [-0.4, -0.2) is 27.2 Å². The van der Waals surface area contributed by atoms with Crippen LogP contribution in [0.15, 0.2) is 30.3 Å². The molecule has 2 rings (SSSR count). The third kappa shape index (κ3) is 6.53. The number of ether oxygens (including phenoxy) is 2. The summed E-state index contributed by atoms with van der Waals surface area (Å²) in [6.07, 6.45) is 1.17. The van der Waals surface area contributed by atoms with Gasteiger partial charge in [-0.2, -0.15) is 0 Å². The van der Waals surface area contributed by atoms with Crippen molar-refractivity contribution in [1.82, 2.24) is 0 Å². The van der Waals surface area contributed by atoms with Gasteiger partial charge in [-0.1, -0.05) is 74.4 Å². The van der Waals surface area contributed by atoms with Crippen LogP contribution in [0, 0.1) is 6.92 Å². The Morgan fingerprint density at radius 1 is 0.967 bits per heavy atom. The summed E-state index contributed by atoms with van der Waals surface area (Å²) in [5, 5.41) is 2.76. The molecule has 0 spiro atoms. The van der Waals surface area contributed by atoms with E-state index >= 15 is 0 Å². The summed E-state index contributed by atoms with van der Waals surface area (Å²) in [5.41, 5.74) is 5.55. The fraction of sp³-hybridized carbons (Fsp3) is 0.538. The summed E-state index contributed by atoms with van der Waals surface area (Å²) in [4.78, 5) is 0. The Balaban J connectivity index is 2.72. The predicted molar refractivity (Wildman–Crippen MR) is 138 cm³/mol. The summed E-state index contributed by atoms with van der Waals surface area (Å²) < 4.78 is 11.5. The lowest BCUT2D eigenvalue weighted by molar-refractivity contribution is 0.0506. The van der Waals surface area contributed by atoms with E-state index in [-0.39, 0.29) is 25.5 Å². The maximum absolute atomic E-state index is 6.23. The van der Waals surface area contributed by atoms with Crippen LogP contribution in [0.2, 0.25) is 0 Å². The number of hydrogen-bond acceptors (Lipinski definition) is 2. The monoisotopic (exact) mass is 446 g/mol.